The van der Waals surface area contributed by atoms with E-state index in [0.29, 0.717) is 5.56 Å². The van der Waals surface area contributed by atoms with Crippen LogP contribution >= 0.6 is 11.6 Å². The summed E-state index contributed by atoms with van der Waals surface area (Å²) >= 11 is 5.71. The number of nitro groups is 1. The van der Waals surface area contributed by atoms with Crippen LogP contribution in [0.1, 0.15) is 11.6 Å². The molecule has 9 heteroatoms. The summed E-state index contributed by atoms with van der Waals surface area (Å²) in [4.78, 5) is 22.4. The first-order valence-corrected chi connectivity index (χ1v) is 6.25. The number of amides is 1. The lowest BCUT2D eigenvalue weighted by atomic mass is 10.1. The van der Waals surface area contributed by atoms with E-state index in [4.69, 9.17) is 17.3 Å². The highest BCUT2D eigenvalue weighted by molar-refractivity contribution is 6.31. The fourth-order valence-electron chi connectivity index (χ4n) is 1.72. The molecule has 21 heavy (non-hydrogen) atoms. The zero-order valence-electron chi connectivity index (χ0n) is 11.0. The number of hydrogen-bond acceptors (Lipinski definition) is 5. The van der Waals surface area contributed by atoms with Crippen LogP contribution in [0.15, 0.2) is 30.6 Å². The first-order valence-electron chi connectivity index (χ1n) is 5.87. The van der Waals surface area contributed by atoms with Gasteiger partial charge in [0.15, 0.2) is 0 Å². The second-order valence-corrected chi connectivity index (χ2v) is 4.77. The van der Waals surface area contributed by atoms with Gasteiger partial charge in [0.1, 0.15) is 11.7 Å². The normalized spacial score (nSPS) is 12.0. The second kappa shape index (κ2) is 5.90. The summed E-state index contributed by atoms with van der Waals surface area (Å²) in [6.07, 6.45) is 3.06. The van der Waals surface area contributed by atoms with Crippen molar-refractivity contribution < 1.29 is 9.72 Å². The molecule has 1 aromatic heterocycles. The average Bonchev–Trinajstić information content (AvgIpc) is 2.86. The number of carbonyl (C=O) groups excluding carboxylic acids is 1. The number of nitro benzene ring substituents is 1. The van der Waals surface area contributed by atoms with Crippen molar-refractivity contribution in [3.63, 3.8) is 0 Å². The third kappa shape index (κ3) is 3.36. The molecule has 1 aromatic carbocycles. The van der Waals surface area contributed by atoms with Gasteiger partial charge in [0.2, 0.25) is 5.91 Å². The lowest BCUT2D eigenvalue weighted by Gasteiger charge is -2.11. The molecular weight excluding hydrogens is 298 g/mol. The van der Waals surface area contributed by atoms with E-state index >= 15 is 0 Å². The Balaban J connectivity index is 2.22. The van der Waals surface area contributed by atoms with Gasteiger partial charge in [-0.05, 0) is 12.1 Å². The number of halogens is 1. The smallest absolute Gasteiger partial charge is 0.294 e. The first kappa shape index (κ1) is 14.9. The summed E-state index contributed by atoms with van der Waals surface area (Å²) in [5, 5.41) is 17.5. The zero-order chi connectivity index (χ0) is 15.6. The van der Waals surface area contributed by atoms with E-state index < -0.39 is 16.9 Å². The zero-order valence-corrected chi connectivity index (χ0v) is 11.7. The molecule has 0 aliphatic carbocycles. The van der Waals surface area contributed by atoms with E-state index in [1.165, 1.54) is 23.0 Å². The molecule has 0 radical (unpaired) electrons. The van der Waals surface area contributed by atoms with Crippen molar-refractivity contribution in [2.45, 2.75) is 6.04 Å². The Morgan fingerprint density at radius 3 is 2.86 bits per heavy atom. The predicted octanol–water partition coefficient (Wildman–Crippen LogP) is 1.62. The van der Waals surface area contributed by atoms with Crippen LogP contribution in [-0.4, -0.2) is 20.6 Å². The molecule has 0 fully saturated rings. The lowest BCUT2D eigenvalue weighted by molar-refractivity contribution is -0.383. The maximum Gasteiger partial charge on any atom is 0.294 e. The minimum absolute atomic E-state index is 0.0359. The van der Waals surface area contributed by atoms with Crippen LogP contribution in [0.2, 0.25) is 5.02 Å². The van der Waals surface area contributed by atoms with Crippen molar-refractivity contribution in [3.8, 4) is 0 Å². The Morgan fingerprint density at radius 1 is 1.57 bits per heavy atom. The molecule has 2 aromatic rings. The number of nitrogens with zero attached hydrogens (tertiary/aromatic N) is 3. The largest absolute Gasteiger partial charge is 0.319 e. The molecule has 0 bridgehead atoms. The van der Waals surface area contributed by atoms with Crippen LogP contribution in [0, 0.1) is 10.1 Å². The molecule has 0 saturated carbocycles. The Labute approximate surface area is 124 Å². The van der Waals surface area contributed by atoms with Crippen molar-refractivity contribution in [1.29, 1.82) is 0 Å². The van der Waals surface area contributed by atoms with Gasteiger partial charge in [0.25, 0.3) is 5.69 Å². The summed E-state index contributed by atoms with van der Waals surface area (Å²) in [5.74, 6) is -0.576. The second-order valence-electron chi connectivity index (χ2n) is 4.33. The molecule has 0 aliphatic rings. The Hall–Kier alpha value is -2.45. The molecule has 8 nitrogen and oxygen atoms in total. The van der Waals surface area contributed by atoms with Gasteiger partial charge in [-0.2, -0.15) is 5.10 Å². The van der Waals surface area contributed by atoms with Crippen LogP contribution in [0.5, 0.6) is 0 Å². The molecule has 1 amide bonds. The van der Waals surface area contributed by atoms with Gasteiger partial charge in [-0.3, -0.25) is 19.6 Å². The summed E-state index contributed by atoms with van der Waals surface area (Å²) in [6, 6.07) is 2.98. The number of aryl methyl sites for hydroxylation is 1. The van der Waals surface area contributed by atoms with Gasteiger partial charge in [0.05, 0.1) is 11.1 Å². The fraction of sp³-hybridized carbons (Fsp3) is 0.167. The van der Waals surface area contributed by atoms with Gasteiger partial charge in [-0.15, -0.1) is 0 Å². The minimum Gasteiger partial charge on any atom is -0.319 e. The summed E-state index contributed by atoms with van der Waals surface area (Å²) in [7, 11) is 1.69. The standard InChI is InChI=1S/C12H12ClN5O3/c1-17-6-7(5-15-17)11(14)12(19)16-9-3-2-8(13)4-10(9)18(20)21/h2-6,11H,14H2,1H3,(H,16,19). The van der Waals surface area contributed by atoms with Crippen molar-refractivity contribution in [2.24, 2.45) is 12.8 Å². The Morgan fingerprint density at radius 2 is 2.29 bits per heavy atom. The summed E-state index contributed by atoms with van der Waals surface area (Å²) in [6.45, 7) is 0. The topological polar surface area (TPSA) is 116 Å². The van der Waals surface area contributed by atoms with Crippen molar-refractivity contribution >= 4 is 28.9 Å². The van der Waals surface area contributed by atoms with Crippen molar-refractivity contribution in [2.75, 3.05) is 5.32 Å². The van der Waals surface area contributed by atoms with Gasteiger partial charge < -0.3 is 11.1 Å². The van der Waals surface area contributed by atoms with E-state index in [1.54, 1.807) is 13.2 Å². The summed E-state index contributed by atoms with van der Waals surface area (Å²) < 4.78 is 1.51. The molecule has 1 unspecified atom stereocenters. The monoisotopic (exact) mass is 309 g/mol. The third-order valence-corrected chi connectivity index (χ3v) is 3.02. The maximum atomic E-state index is 12.1. The van der Waals surface area contributed by atoms with Gasteiger partial charge in [-0.25, -0.2) is 0 Å². The average molecular weight is 310 g/mol. The van der Waals surface area contributed by atoms with E-state index in [-0.39, 0.29) is 16.4 Å². The van der Waals surface area contributed by atoms with E-state index in [1.807, 2.05) is 0 Å². The summed E-state index contributed by atoms with van der Waals surface area (Å²) in [5.41, 5.74) is 6.04. The number of hydrogen-bond donors (Lipinski definition) is 2. The lowest BCUT2D eigenvalue weighted by Crippen LogP contribution is -2.27. The Bertz CT molecular complexity index is 700. The van der Waals surface area contributed by atoms with E-state index in [0.717, 1.165) is 6.07 Å². The number of nitrogens with one attached hydrogen (secondary N) is 1. The highest BCUT2D eigenvalue weighted by Gasteiger charge is 2.21. The van der Waals surface area contributed by atoms with Gasteiger partial charge in [-0.1, -0.05) is 11.6 Å². The molecule has 110 valence electrons. The number of carbonyl (C=O) groups is 1. The molecule has 1 heterocycles. The minimum atomic E-state index is -0.978. The van der Waals surface area contributed by atoms with Crippen LogP contribution < -0.4 is 11.1 Å². The molecule has 2 rings (SSSR count). The molecule has 0 saturated heterocycles. The van der Waals surface area contributed by atoms with Crippen molar-refractivity contribution in [3.05, 3.63) is 51.3 Å². The highest BCUT2D eigenvalue weighted by atomic mass is 35.5. The number of nitrogens with two attached hydrogens (primary N) is 1. The number of rotatable bonds is 4. The third-order valence-electron chi connectivity index (χ3n) is 2.78. The Kier molecular flexibility index (Phi) is 4.20. The molecule has 0 aliphatic heterocycles. The molecule has 0 spiro atoms. The van der Waals surface area contributed by atoms with Crippen LogP contribution in [-0.2, 0) is 11.8 Å². The van der Waals surface area contributed by atoms with E-state index in [2.05, 4.69) is 10.4 Å². The SMILES string of the molecule is Cn1cc(C(N)C(=O)Nc2ccc(Cl)cc2[N+](=O)[O-])cn1. The van der Waals surface area contributed by atoms with Crippen LogP contribution in [0.25, 0.3) is 0 Å². The highest BCUT2D eigenvalue weighted by Crippen LogP contribution is 2.28. The number of anilines is 1. The molecular formula is C12H12ClN5O3. The van der Waals surface area contributed by atoms with Gasteiger partial charge >= 0.3 is 0 Å². The van der Waals surface area contributed by atoms with E-state index in [9.17, 15) is 14.9 Å². The number of aromatic nitrogens is 2. The number of benzene rings is 1. The first-order chi connectivity index (χ1) is 9.88. The maximum absolute atomic E-state index is 12.1. The molecule has 3 N–H and O–H groups in total. The van der Waals surface area contributed by atoms with Crippen LogP contribution in [0.4, 0.5) is 11.4 Å². The van der Waals surface area contributed by atoms with Crippen molar-refractivity contribution in [1.82, 2.24) is 9.78 Å². The molecule has 1 atom stereocenters. The quantitative estimate of drug-likeness (QED) is 0.657. The van der Waals surface area contributed by atoms with Gasteiger partial charge in [0, 0.05) is 29.9 Å². The predicted molar refractivity (Wildman–Crippen MR) is 76.9 cm³/mol. The van der Waals surface area contributed by atoms with Crippen LogP contribution in [0.3, 0.4) is 0 Å². The fourth-order valence-corrected chi connectivity index (χ4v) is 1.89.